The smallest absolute Gasteiger partial charge is 0.273 e. The third-order valence-corrected chi connectivity index (χ3v) is 2.90. The molecule has 0 saturated heterocycles. The van der Waals surface area contributed by atoms with E-state index in [2.05, 4.69) is 10.4 Å². The van der Waals surface area contributed by atoms with E-state index in [0.29, 0.717) is 17.2 Å². The third kappa shape index (κ3) is 2.62. The summed E-state index contributed by atoms with van der Waals surface area (Å²) in [6.45, 7) is 5.89. The Morgan fingerprint density at radius 3 is 2.63 bits per heavy atom. The molecule has 0 spiro atoms. The van der Waals surface area contributed by atoms with E-state index < -0.39 is 0 Å². The van der Waals surface area contributed by atoms with Crippen LogP contribution in [0.25, 0.3) is 0 Å². The van der Waals surface area contributed by atoms with Crippen molar-refractivity contribution in [2.75, 3.05) is 11.1 Å². The molecule has 2 aromatic heterocycles. The standard InChI is InChI=1S/C13H19N5O/c1-8(2)18-7-10(14)6-11(18)13(19)15-12-5-9(3)16-17(12)4/h5-8H,14H2,1-4H3,(H,15,19). The van der Waals surface area contributed by atoms with Crippen molar-refractivity contribution in [3.63, 3.8) is 0 Å². The fraction of sp³-hybridized carbons (Fsp3) is 0.385. The number of nitrogens with zero attached hydrogens (tertiary/aromatic N) is 3. The number of aryl methyl sites for hydroxylation is 2. The minimum absolute atomic E-state index is 0.173. The third-order valence-electron chi connectivity index (χ3n) is 2.90. The molecule has 0 unspecified atom stereocenters. The number of anilines is 2. The molecule has 0 aliphatic rings. The normalized spacial score (nSPS) is 11.0. The van der Waals surface area contributed by atoms with Gasteiger partial charge in [-0.05, 0) is 26.8 Å². The van der Waals surface area contributed by atoms with Crippen LogP contribution in [0.15, 0.2) is 18.3 Å². The van der Waals surface area contributed by atoms with Crippen molar-refractivity contribution in [2.24, 2.45) is 7.05 Å². The van der Waals surface area contributed by atoms with E-state index >= 15 is 0 Å². The number of hydrogen-bond donors (Lipinski definition) is 2. The van der Waals surface area contributed by atoms with Crippen LogP contribution < -0.4 is 11.1 Å². The van der Waals surface area contributed by atoms with Gasteiger partial charge in [0, 0.05) is 25.4 Å². The Balaban J connectivity index is 2.27. The van der Waals surface area contributed by atoms with Gasteiger partial charge < -0.3 is 15.6 Å². The highest BCUT2D eigenvalue weighted by atomic mass is 16.2. The van der Waals surface area contributed by atoms with Crippen LogP contribution in [-0.4, -0.2) is 20.3 Å². The summed E-state index contributed by atoms with van der Waals surface area (Å²) >= 11 is 0. The molecule has 0 fully saturated rings. The maximum absolute atomic E-state index is 12.3. The highest BCUT2D eigenvalue weighted by Gasteiger charge is 2.16. The van der Waals surface area contributed by atoms with Crippen LogP contribution >= 0.6 is 0 Å². The number of nitrogens with one attached hydrogen (secondary N) is 1. The summed E-state index contributed by atoms with van der Waals surface area (Å²) in [7, 11) is 1.79. The SMILES string of the molecule is Cc1cc(NC(=O)c2cc(N)cn2C(C)C)n(C)n1. The fourth-order valence-corrected chi connectivity index (χ4v) is 2.02. The Bertz CT molecular complexity index is 609. The van der Waals surface area contributed by atoms with Gasteiger partial charge in [0.05, 0.1) is 11.4 Å². The summed E-state index contributed by atoms with van der Waals surface area (Å²) in [5.41, 5.74) is 7.75. The second-order valence-electron chi connectivity index (χ2n) is 4.91. The molecule has 2 heterocycles. The number of carbonyl (C=O) groups excluding carboxylic acids is 1. The lowest BCUT2D eigenvalue weighted by Gasteiger charge is -2.12. The minimum atomic E-state index is -0.187. The highest BCUT2D eigenvalue weighted by Crippen LogP contribution is 2.18. The molecule has 3 N–H and O–H groups in total. The first kappa shape index (κ1) is 13.2. The Morgan fingerprint density at radius 2 is 2.11 bits per heavy atom. The number of rotatable bonds is 3. The lowest BCUT2D eigenvalue weighted by Crippen LogP contribution is -2.19. The molecular weight excluding hydrogens is 242 g/mol. The van der Waals surface area contributed by atoms with Gasteiger partial charge in [-0.15, -0.1) is 0 Å². The van der Waals surface area contributed by atoms with Crippen LogP contribution in [0.2, 0.25) is 0 Å². The molecule has 0 atom stereocenters. The Morgan fingerprint density at radius 1 is 1.42 bits per heavy atom. The van der Waals surface area contributed by atoms with E-state index in [4.69, 9.17) is 5.73 Å². The van der Waals surface area contributed by atoms with Crippen LogP contribution in [0.5, 0.6) is 0 Å². The van der Waals surface area contributed by atoms with E-state index in [1.807, 2.05) is 31.4 Å². The van der Waals surface area contributed by atoms with Crippen molar-refractivity contribution in [2.45, 2.75) is 26.8 Å². The maximum Gasteiger partial charge on any atom is 0.273 e. The molecule has 19 heavy (non-hydrogen) atoms. The van der Waals surface area contributed by atoms with Crippen molar-refractivity contribution in [1.82, 2.24) is 14.3 Å². The molecule has 0 bridgehead atoms. The molecule has 2 rings (SSSR count). The van der Waals surface area contributed by atoms with Gasteiger partial charge in [0.1, 0.15) is 11.5 Å². The molecule has 6 heteroatoms. The topological polar surface area (TPSA) is 77.9 Å². The average Bonchev–Trinajstić information content (AvgIpc) is 2.83. The van der Waals surface area contributed by atoms with Gasteiger partial charge in [-0.3, -0.25) is 9.48 Å². The summed E-state index contributed by atoms with van der Waals surface area (Å²) in [4.78, 5) is 12.3. The van der Waals surface area contributed by atoms with E-state index in [0.717, 1.165) is 5.69 Å². The van der Waals surface area contributed by atoms with Gasteiger partial charge in [0.2, 0.25) is 0 Å². The molecule has 0 radical (unpaired) electrons. The zero-order chi connectivity index (χ0) is 14.2. The fourth-order valence-electron chi connectivity index (χ4n) is 2.02. The highest BCUT2D eigenvalue weighted by molar-refractivity contribution is 6.03. The van der Waals surface area contributed by atoms with Crippen molar-refractivity contribution in [3.05, 3.63) is 29.7 Å². The van der Waals surface area contributed by atoms with Crippen molar-refractivity contribution < 1.29 is 4.79 Å². The Labute approximate surface area is 112 Å². The zero-order valence-corrected chi connectivity index (χ0v) is 11.6. The summed E-state index contributed by atoms with van der Waals surface area (Å²) in [5.74, 6) is 0.478. The van der Waals surface area contributed by atoms with E-state index in [1.54, 1.807) is 24.0 Å². The molecule has 1 amide bonds. The monoisotopic (exact) mass is 261 g/mol. The molecule has 0 aromatic carbocycles. The molecule has 2 aromatic rings. The summed E-state index contributed by atoms with van der Waals surface area (Å²) in [5, 5.41) is 7.03. The first-order valence-electron chi connectivity index (χ1n) is 6.18. The van der Waals surface area contributed by atoms with Crippen LogP contribution in [0, 0.1) is 6.92 Å². The number of hydrogen-bond acceptors (Lipinski definition) is 3. The number of amides is 1. The predicted octanol–water partition coefficient (Wildman–Crippen LogP) is 1.95. The van der Waals surface area contributed by atoms with Crippen LogP contribution in [-0.2, 0) is 7.05 Å². The van der Waals surface area contributed by atoms with Gasteiger partial charge in [-0.25, -0.2) is 0 Å². The zero-order valence-electron chi connectivity index (χ0n) is 11.6. The lowest BCUT2D eigenvalue weighted by atomic mass is 10.3. The summed E-state index contributed by atoms with van der Waals surface area (Å²) in [6, 6.07) is 3.67. The molecule has 6 nitrogen and oxygen atoms in total. The molecule has 0 aliphatic heterocycles. The molecular formula is C13H19N5O. The minimum Gasteiger partial charge on any atom is -0.397 e. The van der Waals surface area contributed by atoms with Crippen molar-refractivity contribution in [3.8, 4) is 0 Å². The number of nitrogens with two attached hydrogens (primary N) is 1. The van der Waals surface area contributed by atoms with Gasteiger partial charge in [-0.2, -0.15) is 5.10 Å². The first-order chi connectivity index (χ1) is 8.88. The average molecular weight is 261 g/mol. The van der Waals surface area contributed by atoms with E-state index in [1.165, 1.54) is 0 Å². The molecule has 102 valence electrons. The van der Waals surface area contributed by atoms with Crippen molar-refractivity contribution >= 4 is 17.4 Å². The molecule has 0 saturated carbocycles. The van der Waals surface area contributed by atoms with Crippen LogP contribution in [0.3, 0.4) is 0 Å². The maximum atomic E-state index is 12.3. The Kier molecular flexibility index (Phi) is 3.33. The number of carbonyl (C=O) groups is 1. The van der Waals surface area contributed by atoms with Gasteiger partial charge in [0.15, 0.2) is 0 Å². The summed E-state index contributed by atoms with van der Waals surface area (Å²) < 4.78 is 3.49. The van der Waals surface area contributed by atoms with Gasteiger partial charge >= 0.3 is 0 Å². The first-order valence-corrected chi connectivity index (χ1v) is 6.18. The van der Waals surface area contributed by atoms with Crippen molar-refractivity contribution in [1.29, 1.82) is 0 Å². The van der Waals surface area contributed by atoms with Crippen LogP contribution in [0.1, 0.15) is 36.1 Å². The summed E-state index contributed by atoms with van der Waals surface area (Å²) in [6.07, 6.45) is 1.77. The lowest BCUT2D eigenvalue weighted by molar-refractivity contribution is 0.101. The largest absolute Gasteiger partial charge is 0.397 e. The van der Waals surface area contributed by atoms with E-state index in [9.17, 15) is 4.79 Å². The Hall–Kier alpha value is -2.24. The second kappa shape index (κ2) is 4.79. The number of nitrogen functional groups attached to an aromatic ring is 1. The van der Waals surface area contributed by atoms with Crippen LogP contribution in [0.4, 0.5) is 11.5 Å². The predicted molar refractivity (Wildman–Crippen MR) is 75.1 cm³/mol. The van der Waals surface area contributed by atoms with Gasteiger partial charge in [-0.1, -0.05) is 0 Å². The van der Waals surface area contributed by atoms with Gasteiger partial charge in [0.25, 0.3) is 5.91 Å². The second-order valence-corrected chi connectivity index (χ2v) is 4.91. The quantitative estimate of drug-likeness (QED) is 0.886. The number of aromatic nitrogens is 3. The van der Waals surface area contributed by atoms with E-state index in [-0.39, 0.29) is 11.9 Å². The molecule has 0 aliphatic carbocycles.